The van der Waals surface area contributed by atoms with E-state index in [2.05, 4.69) is 9.98 Å². The molecule has 20 heavy (non-hydrogen) atoms. The quantitative estimate of drug-likeness (QED) is 0.859. The van der Waals surface area contributed by atoms with Crippen LogP contribution < -0.4 is 15.4 Å². The van der Waals surface area contributed by atoms with Crippen molar-refractivity contribution in [1.82, 2.24) is 0 Å². The summed E-state index contributed by atoms with van der Waals surface area (Å²) in [6.07, 6.45) is -0.243. The van der Waals surface area contributed by atoms with E-state index in [1.807, 2.05) is 59.5 Å². The summed E-state index contributed by atoms with van der Waals surface area (Å²) >= 11 is 0. The van der Waals surface area contributed by atoms with E-state index in [4.69, 9.17) is 10.5 Å². The molecule has 0 saturated carbocycles. The molecule has 4 rings (SSSR count). The molecule has 0 unspecified atom stereocenters. The SMILES string of the molecule is NC1=N[C@H](c2ccccc2)N2C(=N1)Oc1ccccc12. The number of hydrogen-bond acceptors (Lipinski definition) is 5. The molecule has 2 heterocycles. The average Bonchev–Trinajstić information content (AvgIpc) is 2.85. The van der Waals surface area contributed by atoms with Crippen molar-refractivity contribution in [2.75, 3.05) is 4.90 Å². The lowest BCUT2D eigenvalue weighted by molar-refractivity contribution is 0.551. The van der Waals surface area contributed by atoms with Crippen LogP contribution in [0.2, 0.25) is 0 Å². The van der Waals surface area contributed by atoms with Gasteiger partial charge in [-0.05, 0) is 17.7 Å². The zero-order valence-corrected chi connectivity index (χ0v) is 10.6. The third kappa shape index (κ3) is 1.56. The Morgan fingerprint density at radius 2 is 1.75 bits per heavy atom. The number of nitrogens with two attached hydrogens (primary N) is 1. The van der Waals surface area contributed by atoms with Gasteiger partial charge in [-0.2, -0.15) is 4.99 Å². The first-order chi connectivity index (χ1) is 9.83. The molecule has 5 nitrogen and oxygen atoms in total. The molecule has 0 bridgehead atoms. The molecule has 0 saturated heterocycles. The first kappa shape index (κ1) is 11.0. The fraction of sp³-hybridized carbons (Fsp3) is 0.0667. The molecule has 2 aromatic carbocycles. The van der Waals surface area contributed by atoms with Gasteiger partial charge in [0.2, 0.25) is 5.96 Å². The van der Waals surface area contributed by atoms with Gasteiger partial charge in [-0.15, -0.1) is 0 Å². The van der Waals surface area contributed by atoms with Crippen LogP contribution in [0.25, 0.3) is 0 Å². The lowest BCUT2D eigenvalue weighted by Gasteiger charge is -2.27. The Morgan fingerprint density at radius 1 is 1.00 bits per heavy atom. The van der Waals surface area contributed by atoms with Crippen LogP contribution >= 0.6 is 0 Å². The van der Waals surface area contributed by atoms with E-state index in [0.29, 0.717) is 6.02 Å². The molecule has 0 spiro atoms. The van der Waals surface area contributed by atoms with Crippen molar-refractivity contribution in [1.29, 1.82) is 0 Å². The smallest absolute Gasteiger partial charge is 0.307 e. The number of aliphatic imine (C=N–C) groups is 2. The summed E-state index contributed by atoms with van der Waals surface area (Å²) < 4.78 is 5.75. The molecule has 2 aliphatic rings. The molecule has 2 aliphatic heterocycles. The van der Waals surface area contributed by atoms with Crippen LogP contribution in [0.5, 0.6) is 5.75 Å². The standard InChI is InChI=1S/C15H12N4O/c16-14-17-13(10-6-2-1-3-7-10)19-11-8-4-5-9-12(11)20-15(19)18-14/h1-9,13H,(H2,16,17)/t13-/m0/s1. The Kier molecular flexibility index (Phi) is 2.26. The normalized spacial score (nSPS) is 19.6. The maximum absolute atomic E-state index is 5.81. The van der Waals surface area contributed by atoms with E-state index in [-0.39, 0.29) is 12.1 Å². The van der Waals surface area contributed by atoms with Gasteiger partial charge in [0, 0.05) is 0 Å². The van der Waals surface area contributed by atoms with Gasteiger partial charge < -0.3 is 10.5 Å². The highest BCUT2D eigenvalue weighted by atomic mass is 16.5. The molecule has 0 radical (unpaired) electrons. The Balaban J connectivity index is 1.86. The predicted molar refractivity (Wildman–Crippen MR) is 77.8 cm³/mol. The molecule has 0 aliphatic carbocycles. The highest BCUT2D eigenvalue weighted by molar-refractivity contribution is 6.07. The Hall–Kier alpha value is -2.82. The fourth-order valence-electron chi connectivity index (χ4n) is 2.46. The molecule has 0 aromatic heterocycles. The van der Waals surface area contributed by atoms with Crippen molar-refractivity contribution in [3.05, 3.63) is 60.2 Å². The van der Waals surface area contributed by atoms with Gasteiger partial charge in [0.15, 0.2) is 11.9 Å². The van der Waals surface area contributed by atoms with Crippen LogP contribution in [0.3, 0.4) is 0 Å². The van der Waals surface area contributed by atoms with Crippen molar-refractivity contribution in [2.45, 2.75) is 6.17 Å². The van der Waals surface area contributed by atoms with Crippen molar-refractivity contribution < 1.29 is 4.74 Å². The molecule has 2 N–H and O–H groups in total. The Labute approximate surface area is 116 Å². The molecule has 5 heteroatoms. The Morgan fingerprint density at radius 3 is 2.60 bits per heavy atom. The van der Waals surface area contributed by atoms with Gasteiger partial charge in [0.1, 0.15) is 0 Å². The number of rotatable bonds is 1. The summed E-state index contributed by atoms with van der Waals surface area (Å²) in [5.41, 5.74) is 7.81. The van der Waals surface area contributed by atoms with Crippen LogP contribution in [0.15, 0.2) is 64.6 Å². The van der Waals surface area contributed by atoms with E-state index in [1.54, 1.807) is 0 Å². The van der Waals surface area contributed by atoms with Crippen molar-refractivity contribution in [2.24, 2.45) is 15.7 Å². The summed E-state index contributed by atoms with van der Waals surface area (Å²) in [6, 6.07) is 18.3. The van der Waals surface area contributed by atoms with Gasteiger partial charge in [0.05, 0.1) is 5.69 Å². The van der Waals surface area contributed by atoms with Gasteiger partial charge in [-0.3, -0.25) is 4.90 Å². The van der Waals surface area contributed by atoms with Crippen LogP contribution in [-0.2, 0) is 0 Å². The van der Waals surface area contributed by atoms with E-state index in [0.717, 1.165) is 17.0 Å². The fourth-order valence-corrected chi connectivity index (χ4v) is 2.46. The summed E-state index contributed by atoms with van der Waals surface area (Å²) in [5, 5.41) is 0. The number of nitrogens with zero attached hydrogens (tertiary/aromatic N) is 3. The summed E-state index contributed by atoms with van der Waals surface area (Å²) in [6.45, 7) is 0. The second-order valence-electron chi connectivity index (χ2n) is 4.61. The number of para-hydroxylation sites is 2. The van der Waals surface area contributed by atoms with E-state index < -0.39 is 0 Å². The van der Waals surface area contributed by atoms with Crippen molar-refractivity contribution >= 4 is 17.7 Å². The van der Waals surface area contributed by atoms with Crippen molar-refractivity contribution in [3.63, 3.8) is 0 Å². The maximum atomic E-state index is 5.81. The minimum atomic E-state index is -0.243. The van der Waals surface area contributed by atoms with Gasteiger partial charge >= 0.3 is 6.02 Å². The van der Waals surface area contributed by atoms with Crippen LogP contribution in [-0.4, -0.2) is 12.0 Å². The van der Waals surface area contributed by atoms with Gasteiger partial charge in [-0.25, -0.2) is 4.99 Å². The number of hydrogen-bond donors (Lipinski definition) is 1. The van der Waals surface area contributed by atoms with Crippen LogP contribution in [0.4, 0.5) is 5.69 Å². The zero-order chi connectivity index (χ0) is 13.5. The second-order valence-corrected chi connectivity index (χ2v) is 4.61. The molecule has 98 valence electrons. The number of benzene rings is 2. The predicted octanol–water partition coefficient (Wildman–Crippen LogP) is 2.27. The first-order valence-corrected chi connectivity index (χ1v) is 6.36. The van der Waals surface area contributed by atoms with Crippen molar-refractivity contribution in [3.8, 4) is 5.75 Å². The van der Waals surface area contributed by atoms with Gasteiger partial charge in [0.25, 0.3) is 0 Å². The highest BCUT2D eigenvalue weighted by Crippen LogP contribution is 2.41. The first-order valence-electron chi connectivity index (χ1n) is 6.36. The van der Waals surface area contributed by atoms with Gasteiger partial charge in [-0.1, -0.05) is 42.5 Å². The second kappa shape index (κ2) is 4.09. The minimum Gasteiger partial charge on any atom is -0.423 e. The Bertz CT molecular complexity index is 724. The number of guanidine groups is 1. The summed E-state index contributed by atoms with van der Waals surface area (Å²) in [5.74, 6) is 1.01. The number of amidine groups is 1. The third-order valence-corrected chi connectivity index (χ3v) is 3.34. The molecular weight excluding hydrogens is 252 g/mol. The topological polar surface area (TPSA) is 63.2 Å². The van der Waals surface area contributed by atoms with E-state index >= 15 is 0 Å². The van der Waals surface area contributed by atoms with E-state index in [1.165, 1.54) is 0 Å². The number of ether oxygens (including phenoxy) is 1. The lowest BCUT2D eigenvalue weighted by Crippen LogP contribution is -2.38. The zero-order valence-electron chi connectivity index (χ0n) is 10.6. The molecule has 0 fully saturated rings. The largest absolute Gasteiger partial charge is 0.423 e. The van der Waals surface area contributed by atoms with Crippen LogP contribution in [0, 0.1) is 0 Å². The number of fused-ring (bicyclic) bond motifs is 3. The summed E-state index contributed by atoms with van der Waals surface area (Å²) in [7, 11) is 0. The highest BCUT2D eigenvalue weighted by Gasteiger charge is 2.37. The third-order valence-electron chi connectivity index (χ3n) is 3.34. The van der Waals surface area contributed by atoms with Crippen LogP contribution in [0.1, 0.15) is 11.7 Å². The number of anilines is 1. The minimum absolute atomic E-state index is 0.234. The molecule has 0 amide bonds. The average molecular weight is 264 g/mol. The van der Waals surface area contributed by atoms with E-state index in [9.17, 15) is 0 Å². The maximum Gasteiger partial charge on any atom is 0.307 e. The molecule has 2 aromatic rings. The summed E-state index contributed by atoms with van der Waals surface area (Å²) in [4.78, 5) is 10.6. The monoisotopic (exact) mass is 264 g/mol. The lowest BCUT2D eigenvalue weighted by atomic mass is 10.1. The molecular formula is C15H12N4O. The molecule has 1 atom stereocenters.